The molecule has 3 rings (SSSR count). The maximum atomic E-state index is 10.9. The van der Waals surface area contributed by atoms with Crippen molar-refractivity contribution in [2.24, 2.45) is 0 Å². The van der Waals surface area contributed by atoms with Crippen LogP contribution in [0.1, 0.15) is 23.6 Å². The standard InChI is InChI=1S/C26H24O4/c1-3-5-9-18(4-2)26(19-10-7-6-8-11-19,22-14-12-20(27)16-24(22)29)23-15-13-21(28)17-25(23)30/h3-17,27-30H,2H2,1H3/b5-3-,18-9+. The van der Waals surface area contributed by atoms with Gasteiger partial charge < -0.3 is 20.4 Å². The Morgan fingerprint density at radius 2 is 1.33 bits per heavy atom. The molecule has 4 heteroatoms. The first kappa shape index (κ1) is 20.8. The predicted octanol–water partition coefficient (Wildman–Crippen LogP) is 5.53. The van der Waals surface area contributed by atoms with Gasteiger partial charge in [-0.05, 0) is 30.2 Å². The first-order chi connectivity index (χ1) is 14.4. The second-order valence-corrected chi connectivity index (χ2v) is 6.87. The van der Waals surface area contributed by atoms with E-state index in [0.717, 1.165) is 5.56 Å². The van der Waals surface area contributed by atoms with Gasteiger partial charge in [0.2, 0.25) is 0 Å². The minimum atomic E-state index is -1.17. The molecular formula is C26H24O4. The van der Waals surface area contributed by atoms with Gasteiger partial charge in [0.1, 0.15) is 23.0 Å². The molecule has 0 heterocycles. The van der Waals surface area contributed by atoms with E-state index in [4.69, 9.17) is 0 Å². The normalized spacial score (nSPS) is 12.2. The minimum Gasteiger partial charge on any atom is -0.508 e. The largest absolute Gasteiger partial charge is 0.508 e. The lowest BCUT2D eigenvalue weighted by molar-refractivity contribution is 0.431. The molecule has 0 aromatic heterocycles. The van der Waals surface area contributed by atoms with E-state index in [1.54, 1.807) is 18.2 Å². The van der Waals surface area contributed by atoms with Gasteiger partial charge in [-0.25, -0.2) is 0 Å². The molecule has 30 heavy (non-hydrogen) atoms. The molecule has 0 unspecified atom stereocenters. The first-order valence-corrected chi connectivity index (χ1v) is 9.51. The molecule has 0 saturated heterocycles. The number of hydrogen-bond donors (Lipinski definition) is 4. The molecule has 4 nitrogen and oxygen atoms in total. The Balaban J connectivity index is 2.57. The number of rotatable bonds is 6. The average molecular weight is 400 g/mol. The monoisotopic (exact) mass is 400 g/mol. The van der Waals surface area contributed by atoms with Gasteiger partial charge in [-0.15, -0.1) is 0 Å². The zero-order valence-electron chi connectivity index (χ0n) is 16.7. The summed E-state index contributed by atoms with van der Waals surface area (Å²) in [5, 5.41) is 41.6. The molecule has 0 aliphatic carbocycles. The van der Waals surface area contributed by atoms with Crippen molar-refractivity contribution in [3.05, 3.63) is 120 Å². The molecular weight excluding hydrogens is 376 g/mol. The van der Waals surface area contributed by atoms with Crippen LogP contribution in [0.4, 0.5) is 0 Å². The molecule has 0 aliphatic rings. The van der Waals surface area contributed by atoms with Crippen LogP contribution < -0.4 is 0 Å². The predicted molar refractivity (Wildman–Crippen MR) is 119 cm³/mol. The zero-order valence-corrected chi connectivity index (χ0v) is 16.7. The Morgan fingerprint density at radius 3 is 1.77 bits per heavy atom. The highest BCUT2D eigenvalue weighted by Gasteiger charge is 2.42. The lowest BCUT2D eigenvalue weighted by atomic mass is 9.64. The third kappa shape index (κ3) is 3.55. The second-order valence-electron chi connectivity index (χ2n) is 6.87. The molecule has 0 fully saturated rings. The fourth-order valence-corrected chi connectivity index (χ4v) is 3.84. The summed E-state index contributed by atoms with van der Waals surface area (Å²) in [4.78, 5) is 0. The summed E-state index contributed by atoms with van der Waals surface area (Å²) in [5.41, 5.74) is 1.18. The number of aromatic hydroxyl groups is 4. The van der Waals surface area contributed by atoms with E-state index in [-0.39, 0.29) is 23.0 Å². The Kier molecular flexibility index (Phi) is 5.98. The molecule has 4 N–H and O–H groups in total. The van der Waals surface area contributed by atoms with E-state index in [0.29, 0.717) is 16.7 Å². The van der Waals surface area contributed by atoms with Crippen molar-refractivity contribution in [1.82, 2.24) is 0 Å². The summed E-state index contributed by atoms with van der Waals surface area (Å²) >= 11 is 0. The van der Waals surface area contributed by atoms with E-state index < -0.39 is 5.41 Å². The molecule has 0 atom stereocenters. The van der Waals surface area contributed by atoms with Gasteiger partial charge in [-0.2, -0.15) is 0 Å². The number of phenolic OH excluding ortho intramolecular Hbond substituents is 4. The van der Waals surface area contributed by atoms with Crippen LogP contribution in [0.3, 0.4) is 0 Å². The molecule has 0 saturated carbocycles. The van der Waals surface area contributed by atoms with Gasteiger partial charge in [-0.3, -0.25) is 0 Å². The van der Waals surface area contributed by atoms with Crippen molar-refractivity contribution >= 4 is 0 Å². The van der Waals surface area contributed by atoms with Crippen LogP contribution in [0.5, 0.6) is 23.0 Å². The molecule has 152 valence electrons. The fourth-order valence-electron chi connectivity index (χ4n) is 3.84. The van der Waals surface area contributed by atoms with Gasteiger partial charge in [-0.1, -0.05) is 73.3 Å². The third-order valence-corrected chi connectivity index (χ3v) is 5.10. The number of benzene rings is 3. The summed E-state index contributed by atoms with van der Waals surface area (Å²) in [6.45, 7) is 5.87. The van der Waals surface area contributed by atoms with Crippen molar-refractivity contribution in [2.45, 2.75) is 12.3 Å². The van der Waals surface area contributed by atoms with Crippen molar-refractivity contribution < 1.29 is 20.4 Å². The Labute approximate surface area is 176 Å². The Hall–Kier alpha value is -3.92. The van der Waals surface area contributed by atoms with E-state index in [2.05, 4.69) is 6.58 Å². The second kappa shape index (κ2) is 8.62. The molecule has 0 bridgehead atoms. The smallest absolute Gasteiger partial charge is 0.124 e. The third-order valence-electron chi connectivity index (χ3n) is 5.10. The zero-order chi connectivity index (χ0) is 21.7. The van der Waals surface area contributed by atoms with Gasteiger partial charge in [0.05, 0.1) is 5.41 Å². The highest BCUT2D eigenvalue weighted by Crippen LogP contribution is 2.52. The average Bonchev–Trinajstić information content (AvgIpc) is 2.73. The first-order valence-electron chi connectivity index (χ1n) is 9.51. The van der Waals surface area contributed by atoms with Crippen LogP contribution in [-0.2, 0) is 5.41 Å². The summed E-state index contributed by atoms with van der Waals surface area (Å²) in [6.07, 6.45) is 7.25. The van der Waals surface area contributed by atoms with Crippen molar-refractivity contribution in [3.63, 3.8) is 0 Å². The van der Waals surface area contributed by atoms with E-state index in [1.807, 2.05) is 55.5 Å². The summed E-state index contributed by atoms with van der Waals surface area (Å²) in [6, 6.07) is 18.2. The number of hydrogen-bond acceptors (Lipinski definition) is 4. The van der Waals surface area contributed by atoms with Crippen LogP contribution in [0.2, 0.25) is 0 Å². The summed E-state index contributed by atoms with van der Waals surface area (Å²) < 4.78 is 0. The molecule has 0 spiro atoms. The highest BCUT2D eigenvalue weighted by atomic mass is 16.3. The van der Waals surface area contributed by atoms with Crippen LogP contribution >= 0.6 is 0 Å². The van der Waals surface area contributed by atoms with E-state index in [9.17, 15) is 20.4 Å². The van der Waals surface area contributed by atoms with Crippen LogP contribution in [0.15, 0.2) is 103 Å². The number of allylic oxidation sites excluding steroid dienone is 5. The lowest BCUT2D eigenvalue weighted by Crippen LogP contribution is -2.31. The van der Waals surface area contributed by atoms with Crippen LogP contribution in [-0.4, -0.2) is 20.4 Å². The van der Waals surface area contributed by atoms with Crippen LogP contribution in [0.25, 0.3) is 0 Å². The maximum absolute atomic E-state index is 10.9. The number of phenols is 4. The molecule has 0 amide bonds. The van der Waals surface area contributed by atoms with Gasteiger partial charge >= 0.3 is 0 Å². The quantitative estimate of drug-likeness (QED) is 0.324. The highest BCUT2D eigenvalue weighted by molar-refractivity contribution is 5.68. The van der Waals surface area contributed by atoms with Gasteiger partial charge in [0.25, 0.3) is 0 Å². The molecule has 0 aliphatic heterocycles. The maximum Gasteiger partial charge on any atom is 0.124 e. The summed E-state index contributed by atoms with van der Waals surface area (Å²) in [7, 11) is 0. The lowest BCUT2D eigenvalue weighted by Gasteiger charge is -2.38. The van der Waals surface area contributed by atoms with E-state index in [1.165, 1.54) is 24.3 Å². The Bertz CT molecular complexity index is 1060. The van der Waals surface area contributed by atoms with Crippen molar-refractivity contribution in [2.75, 3.05) is 0 Å². The fraction of sp³-hybridized carbons (Fsp3) is 0.0769. The van der Waals surface area contributed by atoms with Gasteiger partial charge in [0, 0.05) is 23.3 Å². The molecule has 3 aromatic carbocycles. The van der Waals surface area contributed by atoms with Gasteiger partial charge in [0.15, 0.2) is 0 Å². The molecule has 0 radical (unpaired) electrons. The van der Waals surface area contributed by atoms with Crippen molar-refractivity contribution in [1.29, 1.82) is 0 Å². The minimum absolute atomic E-state index is 0.0780. The molecule has 3 aromatic rings. The van der Waals surface area contributed by atoms with Crippen LogP contribution in [0, 0.1) is 0 Å². The van der Waals surface area contributed by atoms with Crippen molar-refractivity contribution in [3.8, 4) is 23.0 Å². The SMILES string of the molecule is C=C/C(=C\C=C/C)C(c1ccccc1)(c1ccc(O)cc1O)c1ccc(O)cc1O. The van der Waals surface area contributed by atoms with E-state index >= 15 is 0 Å². The Morgan fingerprint density at radius 1 is 0.800 bits per heavy atom. The topological polar surface area (TPSA) is 80.9 Å². The summed E-state index contributed by atoms with van der Waals surface area (Å²) in [5.74, 6) is -0.435.